The number of nitrogens with zero attached hydrogens (tertiary/aromatic N) is 1. The quantitative estimate of drug-likeness (QED) is 0.693. The van der Waals surface area contributed by atoms with Gasteiger partial charge in [-0.1, -0.05) is 27.7 Å². The minimum Gasteiger partial charge on any atom is -0.366 e. The zero-order valence-electron chi connectivity index (χ0n) is 14.3. The van der Waals surface area contributed by atoms with Crippen molar-refractivity contribution in [3.8, 4) is 0 Å². The molecule has 1 aliphatic heterocycles. The highest BCUT2D eigenvalue weighted by atomic mass is 35.5. The highest BCUT2D eigenvalue weighted by molar-refractivity contribution is 5.85. The molecule has 22 heavy (non-hydrogen) atoms. The smallest absolute Gasteiger partial charge is 0.250 e. The Bertz CT molecular complexity index is 284. The normalized spacial score (nSPS) is 19.3. The number of ether oxygens (including phenoxy) is 1. The van der Waals surface area contributed by atoms with Crippen molar-refractivity contribution in [3.63, 3.8) is 0 Å². The minimum atomic E-state index is -0.333. The van der Waals surface area contributed by atoms with Crippen molar-refractivity contribution in [1.82, 2.24) is 15.5 Å². The molecule has 1 fully saturated rings. The third kappa shape index (κ3) is 8.53. The molecule has 7 heteroatoms. The Balaban J connectivity index is 0. The summed E-state index contributed by atoms with van der Waals surface area (Å²) in [5.74, 6) is 0.642. The Morgan fingerprint density at radius 3 is 2.41 bits per heavy atom. The lowest BCUT2D eigenvalue weighted by Gasteiger charge is -2.32. The number of likely N-dealkylation sites (N-methyl/N-ethyl adjacent to an activating group) is 1. The largest absolute Gasteiger partial charge is 0.366 e. The van der Waals surface area contributed by atoms with Gasteiger partial charge < -0.3 is 15.4 Å². The number of hydrogen-bond acceptors (Lipinski definition) is 4. The molecule has 1 saturated heterocycles. The molecule has 0 aromatic heterocycles. The maximum absolute atomic E-state index is 12.1. The van der Waals surface area contributed by atoms with Crippen LogP contribution in [0.2, 0.25) is 0 Å². The second-order valence-electron chi connectivity index (χ2n) is 5.81. The van der Waals surface area contributed by atoms with Gasteiger partial charge in [0.05, 0.1) is 6.61 Å². The Kier molecular flexibility index (Phi) is 14.7. The third-order valence-electron chi connectivity index (χ3n) is 3.80. The molecule has 2 N–H and O–H groups in total. The van der Waals surface area contributed by atoms with Crippen molar-refractivity contribution in [2.24, 2.45) is 5.92 Å². The van der Waals surface area contributed by atoms with E-state index in [2.05, 4.69) is 43.2 Å². The molecule has 134 valence electrons. The van der Waals surface area contributed by atoms with Gasteiger partial charge in [0.15, 0.2) is 0 Å². The summed E-state index contributed by atoms with van der Waals surface area (Å²) in [5.41, 5.74) is 0. The molecular formula is C15H33Cl2N3O2. The first kappa shape index (κ1) is 24.2. The molecule has 0 spiro atoms. The van der Waals surface area contributed by atoms with Gasteiger partial charge in [-0.15, -0.1) is 24.8 Å². The van der Waals surface area contributed by atoms with Crippen molar-refractivity contribution in [3.05, 3.63) is 0 Å². The van der Waals surface area contributed by atoms with Crippen LogP contribution in [0.3, 0.4) is 0 Å². The van der Waals surface area contributed by atoms with Crippen LogP contribution in [0.5, 0.6) is 0 Å². The number of carbonyl (C=O) groups excluding carboxylic acids is 1. The molecule has 1 rings (SSSR count). The number of hydrogen-bond donors (Lipinski definition) is 2. The summed E-state index contributed by atoms with van der Waals surface area (Å²) >= 11 is 0. The molecule has 2 unspecified atom stereocenters. The lowest BCUT2D eigenvalue weighted by molar-refractivity contribution is -0.134. The van der Waals surface area contributed by atoms with Crippen LogP contribution in [-0.2, 0) is 9.53 Å². The van der Waals surface area contributed by atoms with Gasteiger partial charge in [0, 0.05) is 25.7 Å². The van der Waals surface area contributed by atoms with Gasteiger partial charge in [0.1, 0.15) is 6.10 Å². The molecule has 1 aliphatic rings. The van der Waals surface area contributed by atoms with E-state index in [4.69, 9.17) is 4.74 Å². The number of rotatable bonds is 8. The van der Waals surface area contributed by atoms with E-state index in [1.54, 1.807) is 0 Å². The van der Waals surface area contributed by atoms with Gasteiger partial charge in [-0.25, -0.2) is 0 Å². The van der Waals surface area contributed by atoms with E-state index in [0.717, 1.165) is 26.1 Å². The average molecular weight is 358 g/mol. The van der Waals surface area contributed by atoms with E-state index in [0.29, 0.717) is 31.7 Å². The Labute approximate surface area is 147 Å². The summed E-state index contributed by atoms with van der Waals surface area (Å²) < 4.78 is 5.48. The SMILES string of the molecule is CCN(CC)C(CNC(=O)C1CNCCO1)CC(C)C.Cl.Cl. The van der Waals surface area contributed by atoms with Gasteiger partial charge in [0.2, 0.25) is 0 Å². The second-order valence-corrected chi connectivity index (χ2v) is 5.81. The number of amides is 1. The lowest BCUT2D eigenvalue weighted by atomic mass is 10.0. The van der Waals surface area contributed by atoms with Crippen LogP contribution in [0.15, 0.2) is 0 Å². The van der Waals surface area contributed by atoms with Crippen molar-refractivity contribution in [2.45, 2.75) is 46.3 Å². The van der Waals surface area contributed by atoms with Crippen LogP contribution in [0, 0.1) is 5.92 Å². The number of halogens is 2. The summed E-state index contributed by atoms with van der Waals surface area (Å²) in [7, 11) is 0. The molecule has 0 aromatic carbocycles. The summed E-state index contributed by atoms with van der Waals surface area (Å²) in [6.45, 7) is 13.6. The van der Waals surface area contributed by atoms with Crippen molar-refractivity contribution in [2.75, 3.05) is 39.3 Å². The molecular weight excluding hydrogens is 325 g/mol. The highest BCUT2D eigenvalue weighted by Crippen LogP contribution is 2.11. The zero-order valence-corrected chi connectivity index (χ0v) is 15.9. The van der Waals surface area contributed by atoms with Crippen molar-refractivity contribution < 1.29 is 9.53 Å². The summed E-state index contributed by atoms with van der Waals surface area (Å²) in [6.07, 6.45) is 0.770. The van der Waals surface area contributed by atoms with E-state index < -0.39 is 0 Å². The molecule has 0 aromatic rings. The van der Waals surface area contributed by atoms with Crippen LogP contribution in [0.1, 0.15) is 34.1 Å². The van der Waals surface area contributed by atoms with E-state index >= 15 is 0 Å². The highest BCUT2D eigenvalue weighted by Gasteiger charge is 2.23. The minimum absolute atomic E-state index is 0. The molecule has 0 bridgehead atoms. The average Bonchev–Trinajstić information content (AvgIpc) is 2.45. The predicted octanol–water partition coefficient (Wildman–Crippen LogP) is 1.69. The molecule has 0 saturated carbocycles. The number of morpholine rings is 1. The topological polar surface area (TPSA) is 53.6 Å². The fourth-order valence-electron chi connectivity index (χ4n) is 2.71. The third-order valence-corrected chi connectivity index (χ3v) is 3.80. The van der Waals surface area contributed by atoms with Crippen LogP contribution in [0.4, 0.5) is 0 Å². The molecule has 2 atom stereocenters. The molecule has 1 heterocycles. The van der Waals surface area contributed by atoms with E-state index in [1.807, 2.05) is 0 Å². The van der Waals surface area contributed by atoms with Crippen LogP contribution >= 0.6 is 24.8 Å². The van der Waals surface area contributed by atoms with Gasteiger partial charge in [-0.2, -0.15) is 0 Å². The van der Waals surface area contributed by atoms with E-state index in [1.165, 1.54) is 0 Å². The first-order chi connectivity index (χ1) is 9.58. The first-order valence-electron chi connectivity index (χ1n) is 7.92. The summed E-state index contributed by atoms with van der Waals surface area (Å²) in [5, 5.41) is 6.25. The standard InChI is InChI=1S/C15H31N3O2.2ClH/c1-5-18(6-2)13(9-12(3)4)10-17-15(19)14-11-16-7-8-20-14;;/h12-14,16H,5-11H2,1-4H3,(H,17,19);2*1H. The lowest BCUT2D eigenvalue weighted by Crippen LogP contribution is -2.51. The molecule has 0 radical (unpaired) electrons. The maximum Gasteiger partial charge on any atom is 0.250 e. The molecule has 0 aliphatic carbocycles. The number of carbonyl (C=O) groups is 1. The van der Waals surface area contributed by atoms with Gasteiger partial charge >= 0.3 is 0 Å². The van der Waals surface area contributed by atoms with Crippen LogP contribution in [0.25, 0.3) is 0 Å². The molecule has 1 amide bonds. The zero-order chi connectivity index (χ0) is 15.0. The number of nitrogens with one attached hydrogen (secondary N) is 2. The first-order valence-corrected chi connectivity index (χ1v) is 7.92. The second kappa shape index (κ2) is 13.4. The fourth-order valence-corrected chi connectivity index (χ4v) is 2.71. The summed E-state index contributed by atoms with van der Waals surface area (Å²) in [6, 6.07) is 0.408. The molecule has 5 nitrogen and oxygen atoms in total. The predicted molar refractivity (Wildman–Crippen MR) is 96.3 cm³/mol. The van der Waals surface area contributed by atoms with Crippen LogP contribution in [-0.4, -0.2) is 62.3 Å². The van der Waals surface area contributed by atoms with Crippen molar-refractivity contribution >= 4 is 30.7 Å². The van der Waals surface area contributed by atoms with E-state index in [-0.39, 0.29) is 36.8 Å². The van der Waals surface area contributed by atoms with Gasteiger partial charge in [0.25, 0.3) is 5.91 Å². The van der Waals surface area contributed by atoms with E-state index in [9.17, 15) is 4.79 Å². The summed E-state index contributed by atoms with van der Waals surface area (Å²) in [4.78, 5) is 14.5. The van der Waals surface area contributed by atoms with Crippen molar-refractivity contribution in [1.29, 1.82) is 0 Å². The Morgan fingerprint density at radius 2 is 1.95 bits per heavy atom. The Hall–Kier alpha value is -0.0700. The van der Waals surface area contributed by atoms with Gasteiger partial charge in [-0.3, -0.25) is 9.69 Å². The van der Waals surface area contributed by atoms with Crippen LogP contribution < -0.4 is 10.6 Å². The Morgan fingerprint density at radius 1 is 1.32 bits per heavy atom. The monoisotopic (exact) mass is 357 g/mol. The van der Waals surface area contributed by atoms with Gasteiger partial charge in [-0.05, 0) is 25.4 Å². The fraction of sp³-hybridized carbons (Fsp3) is 0.933. The maximum atomic E-state index is 12.1.